The molecule has 0 spiro atoms. The Bertz CT molecular complexity index is 430. The Morgan fingerprint density at radius 2 is 2.00 bits per heavy atom. The second-order valence-corrected chi connectivity index (χ2v) is 6.59. The predicted molar refractivity (Wildman–Crippen MR) is 73.7 cm³/mol. The van der Waals surface area contributed by atoms with Crippen LogP contribution in [-0.4, -0.2) is 16.7 Å². The van der Waals surface area contributed by atoms with Gasteiger partial charge in [-0.25, -0.2) is 0 Å². The maximum absolute atomic E-state index is 12.1. The molecular formula is C13H21ClN2O2S. The first-order valence-electron chi connectivity index (χ1n) is 6.12. The van der Waals surface area contributed by atoms with Crippen LogP contribution in [0.4, 0.5) is 0 Å². The molecule has 0 bridgehead atoms. The van der Waals surface area contributed by atoms with E-state index in [1.807, 2.05) is 20.8 Å². The molecule has 0 radical (unpaired) electrons. The smallest absolute Gasteiger partial charge is 0.304 e. The number of rotatable bonds is 4. The van der Waals surface area contributed by atoms with Crippen molar-refractivity contribution in [1.29, 1.82) is 0 Å². The topological polar surface area (TPSA) is 85.8 Å². The fourth-order valence-corrected chi connectivity index (χ4v) is 3.23. The summed E-state index contributed by atoms with van der Waals surface area (Å²) in [6.07, 6.45) is 2.22. The zero-order valence-electron chi connectivity index (χ0n) is 11.6. The van der Waals surface area contributed by atoms with Crippen LogP contribution in [0, 0.1) is 5.41 Å². The number of carbonyl (C=O) groups is 2. The van der Waals surface area contributed by atoms with E-state index in [9.17, 15) is 9.59 Å². The number of Topliss-reactive ketones (excluding diaryl/α,β-unsaturated/α-hetero) is 2. The van der Waals surface area contributed by atoms with Crippen LogP contribution in [-0.2, 0) is 9.59 Å². The molecule has 0 heterocycles. The average molecular weight is 305 g/mol. The number of halogens is 1. The molecule has 4 N–H and O–H groups in total. The maximum atomic E-state index is 12.1. The number of hydrogen-bond acceptors (Lipinski definition) is 3. The van der Waals surface area contributed by atoms with E-state index in [0.29, 0.717) is 24.8 Å². The zero-order chi connectivity index (χ0) is 13.9. The molecule has 0 aromatic carbocycles. The van der Waals surface area contributed by atoms with Crippen LogP contribution in [0.25, 0.3) is 0 Å². The Hall–Kier alpha value is -0.810. The quantitative estimate of drug-likeness (QED) is 0.351. The van der Waals surface area contributed by atoms with E-state index < -0.39 is 0 Å². The van der Waals surface area contributed by atoms with Crippen LogP contribution in [0.2, 0.25) is 0 Å². The van der Waals surface area contributed by atoms with Crippen LogP contribution in [0.3, 0.4) is 0 Å². The third-order valence-corrected chi connectivity index (χ3v) is 3.66. The van der Waals surface area contributed by atoms with Gasteiger partial charge in [0.25, 0.3) is 0 Å². The predicted octanol–water partition coefficient (Wildman–Crippen LogP) is -2.19. The minimum Gasteiger partial charge on any atom is -1.00 e. The van der Waals surface area contributed by atoms with Crippen molar-refractivity contribution in [2.45, 2.75) is 46.5 Å². The van der Waals surface area contributed by atoms with Gasteiger partial charge in [0.2, 0.25) is 0 Å². The molecule has 1 rings (SSSR count). The molecule has 0 saturated carbocycles. The SMILES string of the molecule is CCCC(=O)C1=C(SC(N)=[NH2+])CC(C)(C)CC1=O.[Cl-]. The molecule has 1 aliphatic rings. The van der Waals surface area contributed by atoms with Crippen LogP contribution >= 0.6 is 11.8 Å². The van der Waals surface area contributed by atoms with Crippen molar-refractivity contribution < 1.29 is 27.4 Å². The Morgan fingerprint density at radius 3 is 2.47 bits per heavy atom. The Morgan fingerprint density at radius 1 is 1.42 bits per heavy atom. The first-order chi connectivity index (χ1) is 8.26. The fourth-order valence-electron chi connectivity index (χ4n) is 2.16. The molecule has 6 heteroatoms. The molecule has 4 nitrogen and oxygen atoms in total. The molecule has 0 fully saturated rings. The van der Waals surface area contributed by atoms with Gasteiger partial charge in [-0.1, -0.05) is 20.8 Å². The molecule has 0 amide bonds. The van der Waals surface area contributed by atoms with E-state index in [2.05, 4.69) is 0 Å². The zero-order valence-corrected chi connectivity index (χ0v) is 13.2. The molecule has 0 saturated heterocycles. The van der Waals surface area contributed by atoms with Gasteiger partial charge in [0, 0.05) is 17.7 Å². The summed E-state index contributed by atoms with van der Waals surface area (Å²) in [6, 6.07) is 0. The summed E-state index contributed by atoms with van der Waals surface area (Å²) in [4.78, 5) is 24.9. The van der Waals surface area contributed by atoms with Gasteiger partial charge in [0.15, 0.2) is 11.6 Å². The number of ketones is 2. The summed E-state index contributed by atoms with van der Waals surface area (Å²) in [5.74, 6) is -0.157. The van der Waals surface area contributed by atoms with Gasteiger partial charge in [-0.15, -0.1) is 0 Å². The van der Waals surface area contributed by atoms with Crippen LogP contribution in [0.15, 0.2) is 10.5 Å². The highest BCUT2D eigenvalue weighted by molar-refractivity contribution is 8.16. The highest BCUT2D eigenvalue weighted by Crippen LogP contribution is 2.41. The van der Waals surface area contributed by atoms with Gasteiger partial charge in [0.1, 0.15) is 0 Å². The molecule has 19 heavy (non-hydrogen) atoms. The lowest BCUT2D eigenvalue weighted by molar-refractivity contribution is -0.123. The van der Waals surface area contributed by atoms with E-state index >= 15 is 0 Å². The van der Waals surface area contributed by atoms with Crippen molar-refractivity contribution in [2.75, 3.05) is 0 Å². The lowest BCUT2D eigenvalue weighted by Gasteiger charge is -2.30. The third-order valence-electron chi connectivity index (χ3n) is 2.83. The lowest BCUT2D eigenvalue weighted by Crippen LogP contribution is -3.00. The number of hydrogen-bond donors (Lipinski definition) is 2. The molecule has 1 aliphatic carbocycles. The number of carbonyl (C=O) groups excluding carboxylic acids is 2. The molecule has 0 aromatic rings. The van der Waals surface area contributed by atoms with Crippen molar-refractivity contribution >= 4 is 28.5 Å². The van der Waals surface area contributed by atoms with E-state index in [0.717, 1.165) is 23.1 Å². The molecule has 0 aliphatic heterocycles. The minimum atomic E-state index is -0.134. The molecule has 0 unspecified atom stereocenters. The van der Waals surface area contributed by atoms with E-state index in [4.69, 9.17) is 11.1 Å². The largest absolute Gasteiger partial charge is 1.00 e. The lowest BCUT2D eigenvalue weighted by atomic mass is 9.76. The van der Waals surface area contributed by atoms with E-state index in [-0.39, 0.29) is 34.6 Å². The molecular weight excluding hydrogens is 284 g/mol. The summed E-state index contributed by atoms with van der Waals surface area (Å²) in [5.41, 5.74) is 5.69. The maximum Gasteiger partial charge on any atom is 0.304 e. The van der Waals surface area contributed by atoms with E-state index in [1.165, 1.54) is 0 Å². The second-order valence-electron chi connectivity index (χ2n) is 5.42. The van der Waals surface area contributed by atoms with Gasteiger partial charge in [0.05, 0.1) is 5.57 Å². The minimum absolute atomic E-state index is 0. The van der Waals surface area contributed by atoms with Gasteiger partial charge in [-0.3, -0.25) is 20.7 Å². The van der Waals surface area contributed by atoms with Crippen molar-refractivity contribution in [2.24, 2.45) is 11.1 Å². The molecule has 108 valence electrons. The summed E-state index contributed by atoms with van der Waals surface area (Å²) < 4.78 is 0. The van der Waals surface area contributed by atoms with E-state index in [1.54, 1.807) is 0 Å². The Balaban J connectivity index is 0.00000324. The summed E-state index contributed by atoms with van der Waals surface area (Å²) >= 11 is 1.15. The Labute approximate surface area is 124 Å². The van der Waals surface area contributed by atoms with Crippen LogP contribution in [0.1, 0.15) is 46.5 Å². The van der Waals surface area contributed by atoms with Crippen molar-refractivity contribution in [1.82, 2.24) is 0 Å². The molecule has 0 atom stereocenters. The van der Waals surface area contributed by atoms with Gasteiger partial charge in [-0.05, 0) is 30.0 Å². The fraction of sp³-hybridized carbons (Fsp3) is 0.615. The van der Waals surface area contributed by atoms with Crippen LogP contribution < -0.4 is 23.5 Å². The number of allylic oxidation sites excluding steroid dienone is 2. The van der Waals surface area contributed by atoms with Crippen molar-refractivity contribution in [3.63, 3.8) is 0 Å². The summed E-state index contributed by atoms with van der Waals surface area (Å²) in [6.45, 7) is 5.95. The first-order valence-corrected chi connectivity index (χ1v) is 6.94. The van der Waals surface area contributed by atoms with Crippen molar-refractivity contribution in [3.8, 4) is 0 Å². The Kier molecular flexibility index (Phi) is 6.80. The number of amidine groups is 1. The summed E-state index contributed by atoms with van der Waals surface area (Å²) in [7, 11) is 0. The molecule has 0 aromatic heterocycles. The summed E-state index contributed by atoms with van der Waals surface area (Å²) in [5, 5.41) is 5.67. The van der Waals surface area contributed by atoms with Crippen LogP contribution in [0.5, 0.6) is 0 Å². The number of nitrogens with two attached hydrogens (primary N) is 2. The standard InChI is InChI=1S/C13H20N2O2S.ClH/c1-4-5-8(16)11-9(17)6-13(2,3)7-10(11)18-12(14)15;/h4-7H2,1-3H3,(H3,14,15);1H. The highest BCUT2D eigenvalue weighted by atomic mass is 35.5. The third kappa shape index (κ3) is 4.99. The number of thioether (sulfide) groups is 1. The van der Waals surface area contributed by atoms with Gasteiger partial charge in [-0.2, -0.15) is 0 Å². The average Bonchev–Trinajstić information content (AvgIpc) is 2.13. The van der Waals surface area contributed by atoms with Crippen molar-refractivity contribution in [3.05, 3.63) is 10.5 Å². The normalized spacial score (nSPS) is 17.9. The monoisotopic (exact) mass is 304 g/mol. The first kappa shape index (κ1) is 18.2. The van der Waals surface area contributed by atoms with Gasteiger partial charge < -0.3 is 12.4 Å². The second kappa shape index (κ2) is 7.10. The highest BCUT2D eigenvalue weighted by Gasteiger charge is 2.36. The van der Waals surface area contributed by atoms with Gasteiger partial charge >= 0.3 is 5.17 Å².